The lowest BCUT2D eigenvalue weighted by molar-refractivity contribution is -0.134. The van der Waals surface area contributed by atoms with Crippen LogP contribution in [-0.2, 0) is 10.3 Å². The smallest absolute Gasteiger partial charge is 0.387 e. The van der Waals surface area contributed by atoms with E-state index in [1.165, 1.54) is 11.0 Å². The Balaban J connectivity index is 1.63. The fourth-order valence-electron chi connectivity index (χ4n) is 5.09. The largest absolute Gasteiger partial charge is 0.487 e. The molecule has 2 spiro atoms. The van der Waals surface area contributed by atoms with E-state index < -0.39 is 17.8 Å². The van der Waals surface area contributed by atoms with Gasteiger partial charge in [0.2, 0.25) is 0 Å². The third-order valence-corrected chi connectivity index (χ3v) is 6.54. The third-order valence-electron chi connectivity index (χ3n) is 6.54. The first kappa shape index (κ1) is 19.8. The van der Waals surface area contributed by atoms with Crippen molar-refractivity contribution < 1.29 is 23.0 Å². The normalized spacial score (nSPS) is 23.9. The van der Waals surface area contributed by atoms with Crippen LogP contribution in [0.1, 0.15) is 37.7 Å². The fraction of sp³-hybridized carbons (Fsp3) is 0.391. The number of carbonyl (C=O) groups is 1. The van der Waals surface area contributed by atoms with Crippen LogP contribution in [0.4, 0.5) is 8.78 Å². The van der Waals surface area contributed by atoms with Crippen LogP contribution in [0.3, 0.4) is 0 Å². The number of likely N-dealkylation sites (N-methyl/N-ethyl adjacent to an activating group) is 1. The van der Waals surface area contributed by atoms with Crippen molar-refractivity contribution in [3.8, 4) is 22.6 Å². The van der Waals surface area contributed by atoms with Gasteiger partial charge in [-0.15, -0.1) is 0 Å². The highest BCUT2D eigenvalue weighted by atomic mass is 19.3. The van der Waals surface area contributed by atoms with Crippen molar-refractivity contribution >= 4 is 11.9 Å². The van der Waals surface area contributed by atoms with Crippen LogP contribution < -0.4 is 15.2 Å². The van der Waals surface area contributed by atoms with Crippen LogP contribution in [0.25, 0.3) is 11.1 Å². The van der Waals surface area contributed by atoms with Crippen LogP contribution in [0.2, 0.25) is 0 Å². The number of alkyl halides is 2. The Hall–Kier alpha value is -3.16. The maximum Gasteiger partial charge on any atom is 0.387 e. The molecular weight excluding hydrogens is 404 g/mol. The lowest BCUT2D eigenvalue weighted by Gasteiger charge is -2.43. The van der Waals surface area contributed by atoms with Crippen LogP contribution >= 0.6 is 0 Å². The number of amides is 1. The molecule has 0 radical (unpaired) electrons. The van der Waals surface area contributed by atoms with Crippen molar-refractivity contribution in [3.63, 3.8) is 0 Å². The highest BCUT2D eigenvalue weighted by Gasteiger charge is 2.58. The Morgan fingerprint density at radius 2 is 1.90 bits per heavy atom. The van der Waals surface area contributed by atoms with Crippen molar-refractivity contribution in [2.75, 3.05) is 7.05 Å². The molecule has 6 nitrogen and oxygen atoms in total. The second-order valence-corrected chi connectivity index (χ2v) is 8.48. The monoisotopic (exact) mass is 427 g/mol. The standard InChI is InChI=1S/C23H23F2N3O3/c1-28-19(29)23(27-21(28)26)13-22(9-2-3-10-22)31-18-8-7-15(12-17(18)23)14-5-4-6-16(11-14)30-20(24)25/h4-8,11-12,20H,2-3,9-10,13H2,1H3,(H2,26,27). The molecule has 2 N–H and O–H groups in total. The third kappa shape index (κ3) is 3.12. The first-order valence-corrected chi connectivity index (χ1v) is 10.3. The maximum absolute atomic E-state index is 13.4. The van der Waals surface area contributed by atoms with Gasteiger partial charge < -0.3 is 15.2 Å². The lowest BCUT2D eigenvalue weighted by atomic mass is 9.75. The number of benzene rings is 2. The van der Waals surface area contributed by atoms with Crippen molar-refractivity contribution in [2.24, 2.45) is 10.7 Å². The molecule has 162 valence electrons. The van der Waals surface area contributed by atoms with Gasteiger partial charge in [-0.25, -0.2) is 4.99 Å². The Labute approximate surface area is 178 Å². The van der Waals surface area contributed by atoms with Crippen LogP contribution in [0.5, 0.6) is 11.5 Å². The number of hydrogen-bond donors (Lipinski definition) is 1. The number of rotatable bonds is 3. The molecule has 1 fully saturated rings. The molecule has 1 aliphatic carbocycles. The molecule has 1 saturated carbocycles. The van der Waals surface area contributed by atoms with Gasteiger partial charge in [0, 0.05) is 19.0 Å². The molecule has 5 rings (SSSR count). The second kappa shape index (κ2) is 6.93. The van der Waals surface area contributed by atoms with E-state index in [0.717, 1.165) is 31.2 Å². The van der Waals surface area contributed by atoms with Crippen LogP contribution in [0.15, 0.2) is 47.5 Å². The molecule has 1 atom stereocenters. The fourth-order valence-corrected chi connectivity index (χ4v) is 5.09. The number of guanidine groups is 1. The van der Waals surface area contributed by atoms with Crippen molar-refractivity contribution in [1.29, 1.82) is 0 Å². The van der Waals surface area contributed by atoms with E-state index in [1.54, 1.807) is 25.2 Å². The summed E-state index contributed by atoms with van der Waals surface area (Å²) in [6, 6.07) is 12.0. The molecule has 31 heavy (non-hydrogen) atoms. The highest BCUT2D eigenvalue weighted by molar-refractivity contribution is 6.07. The first-order valence-electron chi connectivity index (χ1n) is 10.3. The lowest BCUT2D eigenvalue weighted by Crippen LogP contribution is -2.50. The number of halogens is 2. The van der Waals surface area contributed by atoms with Gasteiger partial charge in [0.1, 0.15) is 17.1 Å². The number of nitrogens with zero attached hydrogens (tertiary/aromatic N) is 2. The summed E-state index contributed by atoms with van der Waals surface area (Å²) in [6.07, 6.45) is 4.27. The molecule has 1 unspecified atom stereocenters. The zero-order valence-corrected chi connectivity index (χ0v) is 17.1. The Morgan fingerprint density at radius 1 is 1.16 bits per heavy atom. The zero-order chi connectivity index (χ0) is 21.8. The molecule has 2 aromatic rings. The van der Waals surface area contributed by atoms with Gasteiger partial charge in [-0.3, -0.25) is 9.69 Å². The summed E-state index contributed by atoms with van der Waals surface area (Å²) in [7, 11) is 1.63. The molecule has 0 aromatic heterocycles. The zero-order valence-electron chi connectivity index (χ0n) is 17.1. The van der Waals surface area contributed by atoms with E-state index in [-0.39, 0.29) is 17.6 Å². The van der Waals surface area contributed by atoms with Crippen LogP contribution in [0, 0.1) is 0 Å². The summed E-state index contributed by atoms with van der Waals surface area (Å²) in [5, 5.41) is 0. The van der Waals surface area contributed by atoms with E-state index in [2.05, 4.69) is 9.73 Å². The number of aliphatic imine (C=N–C) groups is 1. The van der Waals surface area contributed by atoms with Crippen molar-refractivity contribution in [2.45, 2.75) is 49.9 Å². The predicted octanol–water partition coefficient (Wildman–Crippen LogP) is 4.03. The van der Waals surface area contributed by atoms with Crippen molar-refractivity contribution in [3.05, 3.63) is 48.0 Å². The van der Waals surface area contributed by atoms with Crippen LogP contribution in [-0.4, -0.2) is 36.0 Å². The summed E-state index contributed by atoms with van der Waals surface area (Å²) >= 11 is 0. The van der Waals surface area contributed by atoms with E-state index in [1.807, 2.05) is 18.2 Å². The van der Waals surface area contributed by atoms with Gasteiger partial charge in [-0.1, -0.05) is 18.2 Å². The summed E-state index contributed by atoms with van der Waals surface area (Å²) in [4.78, 5) is 19.4. The number of hydrogen-bond acceptors (Lipinski definition) is 5. The summed E-state index contributed by atoms with van der Waals surface area (Å²) in [5.74, 6) is 0.702. The van der Waals surface area contributed by atoms with Gasteiger partial charge in [0.25, 0.3) is 5.91 Å². The number of nitrogens with two attached hydrogens (primary N) is 1. The molecule has 3 aliphatic rings. The van der Waals surface area contributed by atoms with Gasteiger partial charge in [-0.05, 0) is 61.1 Å². The minimum absolute atomic E-state index is 0.0695. The van der Waals surface area contributed by atoms with E-state index in [0.29, 0.717) is 23.3 Å². The Morgan fingerprint density at radius 3 is 2.58 bits per heavy atom. The minimum atomic E-state index is -2.90. The molecule has 8 heteroatoms. The van der Waals surface area contributed by atoms with Gasteiger partial charge >= 0.3 is 6.61 Å². The number of carbonyl (C=O) groups excluding carboxylic acids is 1. The SMILES string of the molecule is CN1C(=O)C2(CC3(CCCC3)Oc3ccc(-c4cccc(OC(F)F)c4)cc32)N=C1N. The van der Waals surface area contributed by atoms with Gasteiger partial charge in [-0.2, -0.15) is 8.78 Å². The first-order chi connectivity index (χ1) is 14.8. The summed E-state index contributed by atoms with van der Waals surface area (Å²) in [6.45, 7) is -2.90. The average molecular weight is 427 g/mol. The second-order valence-electron chi connectivity index (χ2n) is 8.48. The molecular formula is C23H23F2N3O3. The average Bonchev–Trinajstić information content (AvgIpc) is 3.26. The number of fused-ring (bicyclic) bond motifs is 2. The predicted molar refractivity (Wildman–Crippen MR) is 111 cm³/mol. The number of ether oxygens (including phenoxy) is 2. The van der Waals surface area contributed by atoms with Crippen molar-refractivity contribution in [1.82, 2.24) is 4.90 Å². The Bertz CT molecular complexity index is 1080. The quantitative estimate of drug-likeness (QED) is 0.802. The minimum Gasteiger partial charge on any atom is -0.487 e. The van der Waals surface area contributed by atoms with Gasteiger partial charge in [0.15, 0.2) is 11.5 Å². The molecule has 1 amide bonds. The summed E-state index contributed by atoms with van der Waals surface area (Å²) in [5.41, 5.74) is 6.59. The van der Waals surface area contributed by atoms with E-state index in [9.17, 15) is 13.6 Å². The Kier molecular flexibility index (Phi) is 4.42. The van der Waals surface area contributed by atoms with Gasteiger partial charge in [0.05, 0.1) is 0 Å². The molecule has 2 aromatic carbocycles. The molecule has 2 heterocycles. The van der Waals surface area contributed by atoms with E-state index in [4.69, 9.17) is 10.5 Å². The molecule has 0 saturated heterocycles. The topological polar surface area (TPSA) is 77.2 Å². The molecule has 2 aliphatic heterocycles. The maximum atomic E-state index is 13.4. The highest BCUT2D eigenvalue weighted by Crippen LogP contribution is 2.54. The van der Waals surface area contributed by atoms with E-state index >= 15 is 0 Å². The summed E-state index contributed by atoms with van der Waals surface area (Å²) < 4.78 is 36.2. The molecule has 0 bridgehead atoms.